The van der Waals surface area contributed by atoms with Crippen molar-refractivity contribution in [3.63, 3.8) is 0 Å². The Kier molecular flexibility index (Phi) is 5.56. The monoisotopic (exact) mass is 416 g/mol. The molecule has 162 valence electrons. The maximum absolute atomic E-state index is 6.59. The standard InChI is InChI=1S/C23H28O7/c1-12-13(2)21(15-9-18(26-5)23-19(10-15)28-11-29-23)30-20(12)14-7-16(24-3)22(27-6)17(8-14)25-4/h7-10,12-13,20-21H,11H2,1-6H3/t12-,13-,20+,21+/m0/s1. The van der Waals surface area contributed by atoms with Crippen LogP contribution in [-0.4, -0.2) is 35.2 Å². The third-order valence-corrected chi connectivity index (χ3v) is 6.10. The summed E-state index contributed by atoms with van der Waals surface area (Å²) in [6.07, 6.45) is -0.248. The van der Waals surface area contributed by atoms with Crippen LogP contribution in [0.3, 0.4) is 0 Å². The van der Waals surface area contributed by atoms with E-state index in [1.165, 1.54) is 0 Å². The van der Waals surface area contributed by atoms with Crippen LogP contribution in [0.4, 0.5) is 0 Å². The maximum atomic E-state index is 6.59. The first kappa shape index (κ1) is 20.5. The minimum absolute atomic E-state index is 0.118. The fourth-order valence-electron chi connectivity index (χ4n) is 4.30. The van der Waals surface area contributed by atoms with E-state index in [0.29, 0.717) is 34.5 Å². The Bertz CT molecular complexity index is 901. The van der Waals surface area contributed by atoms with Crippen LogP contribution >= 0.6 is 0 Å². The fourth-order valence-corrected chi connectivity index (χ4v) is 4.30. The molecule has 0 N–H and O–H groups in total. The Labute approximate surface area is 176 Å². The van der Waals surface area contributed by atoms with Crippen molar-refractivity contribution in [2.24, 2.45) is 11.8 Å². The molecule has 7 nitrogen and oxygen atoms in total. The summed E-state index contributed by atoms with van der Waals surface area (Å²) < 4.78 is 39.7. The molecular formula is C23H28O7. The van der Waals surface area contributed by atoms with Gasteiger partial charge in [0, 0.05) is 0 Å². The molecule has 0 saturated carbocycles. The number of ether oxygens (including phenoxy) is 7. The summed E-state index contributed by atoms with van der Waals surface area (Å²) in [6.45, 7) is 4.59. The highest BCUT2D eigenvalue weighted by atomic mass is 16.7. The highest BCUT2D eigenvalue weighted by molar-refractivity contribution is 5.56. The number of hydrogen-bond donors (Lipinski definition) is 0. The van der Waals surface area contributed by atoms with E-state index in [1.807, 2.05) is 24.3 Å². The van der Waals surface area contributed by atoms with Gasteiger partial charge in [-0.05, 0) is 47.2 Å². The molecule has 2 aromatic carbocycles. The fraction of sp³-hybridized carbons (Fsp3) is 0.478. The van der Waals surface area contributed by atoms with Gasteiger partial charge in [-0.1, -0.05) is 13.8 Å². The molecule has 0 bridgehead atoms. The Hall–Kier alpha value is -2.80. The topological polar surface area (TPSA) is 64.6 Å². The molecule has 30 heavy (non-hydrogen) atoms. The molecule has 1 saturated heterocycles. The summed E-state index contributed by atoms with van der Waals surface area (Å²) in [5, 5.41) is 0. The predicted octanol–water partition coefficient (Wildman–Crippen LogP) is 4.53. The summed E-state index contributed by atoms with van der Waals surface area (Å²) in [5.41, 5.74) is 1.99. The SMILES string of the molecule is COc1cc([C@@H]2O[C@@H](c3cc(OC)c4c(c3)OCO4)[C@@H](C)[C@@H]2C)cc(OC)c1OC. The van der Waals surface area contributed by atoms with Crippen molar-refractivity contribution in [2.75, 3.05) is 35.2 Å². The lowest BCUT2D eigenvalue weighted by Gasteiger charge is -2.20. The molecule has 1 fully saturated rings. The molecule has 0 aliphatic carbocycles. The molecule has 0 amide bonds. The van der Waals surface area contributed by atoms with Gasteiger partial charge < -0.3 is 33.2 Å². The first-order valence-electron chi connectivity index (χ1n) is 9.95. The summed E-state index contributed by atoms with van der Waals surface area (Å²) in [7, 11) is 6.45. The zero-order valence-corrected chi connectivity index (χ0v) is 18.2. The van der Waals surface area contributed by atoms with Crippen molar-refractivity contribution >= 4 is 0 Å². The van der Waals surface area contributed by atoms with E-state index in [2.05, 4.69) is 13.8 Å². The molecule has 0 unspecified atom stereocenters. The molecule has 7 heteroatoms. The van der Waals surface area contributed by atoms with Gasteiger partial charge in [0.05, 0.1) is 40.6 Å². The first-order valence-corrected chi connectivity index (χ1v) is 9.95. The molecule has 0 aromatic heterocycles. The summed E-state index contributed by atoms with van der Waals surface area (Å²) in [6, 6.07) is 7.87. The average Bonchev–Trinajstić information content (AvgIpc) is 3.36. The van der Waals surface area contributed by atoms with Crippen molar-refractivity contribution in [2.45, 2.75) is 26.1 Å². The smallest absolute Gasteiger partial charge is 0.231 e. The molecule has 0 spiro atoms. The van der Waals surface area contributed by atoms with Crippen LogP contribution in [0.1, 0.15) is 37.2 Å². The Morgan fingerprint density at radius 1 is 0.700 bits per heavy atom. The zero-order valence-electron chi connectivity index (χ0n) is 18.2. The highest BCUT2D eigenvalue weighted by Crippen LogP contribution is 2.53. The van der Waals surface area contributed by atoms with Gasteiger partial charge in [-0.15, -0.1) is 0 Å². The minimum Gasteiger partial charge on any atom is -0.493 e. The van der Waals surface area contributed by atoms with E-state index in [4.69, 9.17) is 33.2 Å². The summed E-state index contributed by atoms with van der Waals surface area (Å²) >= 11 is 0. The zero-order chi connectivity index (χ0) is 21.4. The van der Waals surface area contributed by atoms with Crippen molar-refractivity contribution in [3.8, 4) is 34.5 Å². The normalized spacial score (nSPS) is 24.6. The van der Waals surface area contributed by atoms with Crippen LogP contribution < -0.4 is 28.4 Å². The number of methoxy groups -OCH3 is 4. The Morgan fingerprint density at radius 2 is 1.23 bits per heavy atom. The average molecular weight is 416 g/mol. The van der Waals surface area contributed by atoms with Gasteiger partial charge in [-0.2, -0.15) is 0 Å². The van der Waals surface area contributed by atoms with Crippen molar-refractivity contribution in [3.05, 3.63) is 35.4 Å². The summed E-state index contributed by atoms with van der Waals surface area (Å²) in [5.74, 6) is 4.30. The number of benzene rings is 2. The van der Waals surface area contributed by atoms with Gasteiger partial charge in [0.1, 0.15) is 0 Å². The van der Waals surface area contributed by atoms with E-state index in [-0.39, 0.29) is 30.8 Å². The van der Waals surface area contributed by atoms with Crippen molar-refractivity contribution in [1.29, 1.82) is 0 Å². The van der Waals surface area contributed by atoms with Crippen LogP contribution in [0.15, 0.2) is 24.3 Å². The molecular weight excluding hydrogens is 388 g/mol. The van der Waals surface area contributed by atoms with Crippen LogP contribution in [0.2, 0.25) is 0 Å². The van der Waals surface area contributed by atoms with Crippen LogP contribution in [0, 0.1) is 11.8 Å². The second-order valence-corrected chi connectivity index (χ2v) is 7.61. The maximum Gasteiger partial charge on any atom is 0.231 e. The largest absolute Gasteiger partial charge is 0.493 e. The number of rotatable bonds is 6. The molecule has 0 radical (unpaired) electrons. The van der Waals surface area contributed by atoms with Crippen LogP contribution in [0.5, 0.6) is 34.5 Å². The number of hydrogen-bond acceptors (Lipinski definition) is 7. The van der Waals surface area contributed by atoms with E-state index < -0.39 is 0 Å². The Morgan fingerprint density at radius 3 is 1.77 bits per heavy atom. The van der Waals surface area contributed by atoms with E-state index in [1.54, 1.807) is 28.4 Å². The second-order valence-electron chi connectivity index (χ2n) is 7.61. The first-order chi connectivity index (χ1) is 14.5. The number of fused-ring (bicyclic) bond motifs is 1. The quantitative estimate of drug-likeness (QED) is 0.685. The minimum atomic E-state index is -0.130. The van der Waals surface area contributed by atoms with Gasteiger partial charge >= 0.3 is 0 Å². The molecule has 2 aliphatic heterocycles. The van der Waals surface area contributed by atoms with E-state index in [9.17, 15) is 0 Å². The molecule has 4 atom stereocenters. The van der Waals surface area contributed by atoms with Gasteiger partial charge in [-0.3, -0.25) is 0 Å². The van der Waals surface area contributed by atoms with E-state index >= 15 is 0 Å². The van der Waals surface area contributed by atoms with Gasteiger partial charge in [0.2, 0.25) is 18.3 Å². The van der Waals surface area contributed by atoms with Gasteiger partial charge in [-0.25, -0.2) is 0 Å². The highest BCUT2D eigenvalue weighted by Gasteiger charge is 2.42. The van der Waals surface area contributed by atoms with Crippen molar-refractivity contribution in [1.82, 2.24) is 0 Å². The van der Waals surface area contributed by atoms with E-state index in [0.717, 1.165) is 11.1 Å². The molecule has 4 rings (SSSR count). The van der Waals surface area contributed by atoms with Gasteiger partial charge in [0.15, 0.2) is 23.0 Å². The lowest BCUT2D eigenvalue weighted by atomic mass is 9.85. The third-order valence-electron chi connectivity index (χ3n) is 6.10. The second kappa shape index (κ2) is 8.14. The summed E-state index contributed by atoms with van der Waals surface area (Å²) in [4.78, 5) is 0. The van der Waals surface area contributed by atoms with Crippen molar-refractivity contribution < 1.29 is 33.2 Å². The van der Waals surface area contributed by atoms with Crippen LogP contribution in [0.25, 0.3) is 0 Å². The lowest BCUT2D eigenvalue weighted by molar-refractivity contribution is 0.0286. The molecule has 2 aliphatic rings. The van der Waals surface area contributed by atoms with Gasteiger partial charge in [0.25, 0.3) is 0 Å². The third kappa shape index (κ3) is 3.27. The molecule has 2 heterocycles. The molecule has 2 aromatic rings. The predicted molar refractivity (Wildman–Crippen MR) is 110 cm³/mol. The lowest BCUT2D eigenvalue weighted by Crippen LogP contribution is -2.10. The van der Waals surface area contributed by atoms with Crippen LogP contribution in [-0.2, 0) is 4.74 Å². The Balaban J connectivity index is 1.69.